The van der Waals surface area contributed by atoms with Crippen LogP contribution in [0.5, 0.6) is 0 Å². The van der Waals surface area contributed by atoms with Crippen LogP contribution in [0.4, 0.5) is 0 Å². The van der Waals surface area contributed by atoms with Gasteiger partial charge >= 0.3 is 0 Å². The molecule has 266 valence electrons. The standard InChI is InChI=1S/C51H30N4OS/c1-3-12-31(13-4-1)49-52-50(32-14-5-2-6-15-32)54-51(53-49)34-23-27-47-41(29-34)40-28-33(22-26-46(40)57-47)36-18-11-21-44-48(36)39-25-24-35(30-45(39)56-44)55-42-19-9-7-16-37(42)38-17-8-10-20-43(38)55/h1-30H. The number of aromatic nitrogens is 4. The van der Waals surface area contributed by atoms with E-state index in [1.807, 2.05) is 60.7 Å². The number of nitrogens with zero attached hydrogens (tertiary/aromatic N) is 4. The Bertz CT molecular complexity index is 3420. The molecule has 0 saturated carbocycles. The minimum Gasteiger partial charge on any atom is -0.456 e. The summed E-state index contributed by atoms with van der Waals surface area (Å²) in [7, 11) is 0. The lowest BCUT2D eigenvalue weighted by atomic mass is 9.97. The molecule has 0 saturated heterocycles. The van der Waals surface area contributed by atoms with Crippen LogP contribution in [0.25, 0.3) is 115 Å². The van der Waals surface area contributed by atoms with Crippen molar-refractivity contribution in [3.8, 4) is 51.0 Å². The van der Waals surface area contributed by atoms with Crippen LogP contribution in [-0.4, -0.2) is 19.5 Å². The third kappa shape index (κ3) is 5.12. The smallest absolute Gasteiger partial charge is 0.164 e. The Hall–Kier alpha value is -7.41. The Morgan fingerprint density at radius 2 is 0.947 bits per heavy atom. The fourth-order valence-electron chi connectivity index (χ4n) is 8.42. The average Bonchev–Trinajstić information content (AvgIpc) is 3.95. The zero-order valence-corrected chi connectivity index (χ0v) is 31.2. The predicted octanol–water partition coefficient (Wildman–Crippen LogP) is 13.9. The zero-order valence-electron chi connectivity index (χ0n) is 30.4. The second-order valence-corrected chi connectivity index (χ2v) is 15.5. The molecule has 0 aliphatic rings. The Labute approximate surface area is 330 Å². The predicted molar refractivity (Wildman–Crippen MR) is 236 cm³/mol. The van der Waals surface area contributed by atoms with Crippen molar-refractivity contribution in [3.63, 3.8) is 0 Å². The van der Waals surface area contributed by atoms with Gasteiger partial charge in [-0.05, 0) is 71.8 Å². The molecule has 12 aromatic rings. The number of para-hydroxylation sites is 2. The highest BCUT2D eigenvalue weighted by atomic mass is 32.1. The van der Waals surface area contributed by atoms with Gasteiger partial charge in [0.15, 0.2) is 17.5 Å². The van der Waals surface area contributed by atoms with E-state index in [1.54, 1.807) is 11.3 Å². The number of benzene rings is 8. The van der Waals surface area contributed by atoms with Crippen LogP contribution in [0.1, 0.15) is 0 Å². The van der Waals surface area contributed by atoms with Crippen LogP contribution in [0.3, 0.4) is 0 Å². The maximum atomic E-state index is 6.64. The lowest BCUT2D eigenvalue weighted by molar-refractivity contribution is 0.668. The topological polar surface area (TPSA) is 56.7 Å². The van der Waals surface area contributed by atoms with Gasteiger partial charge < -0.3 is 8.98 Å². The number of hydrogen-bond donors (Lipinski definition) is 0. The fourth-order valence-corrected chi connectivity index (χ4v) is 9.48. The van der Waals surface area contributed by atoms with E-state index < -0.39 is 0 Å². The number of hydrogen-bond acceptors (Lipinski definition) is 5. The molecule has 0 unspecified atom stereocenters. The second-order valence-electron chi connectivity index (χ2n) is 14.4. The lowest BCUT2D eigenvalue weighted by Crippen LogP contribution is -2.00. The molecule has 4 heterocycles. The van der Waals surface area contributed by atoms with Crippen molar-refractivity contribution in [2.45, 2.75) is 0 Å². The van der Waals surface area contributed by atoms with Gasteiger partial charge in [0.1, 0.15) is 11.2 Å². The molecular formula is C51H30N4OS. The normalized spacial score (nSPS) is 11.9. The van der Waals surface area contributed by atoms with Gasteiger partial charge in [-0.3, -0.25) is 0 Å². The molecule has 12 rings (SSSR count). The van der Waals surface area contributed by atoms with Crippen molar-refractivity contribution >= 4 is 75.3 Å². The van der Waals surface area contributed by atoms with E-state index in [1.165, 1.54) is 42.0 Å². The number of thiophene rings is 1. The maximum absolute atomic E-state index is 6.64. The molecule has 8 aromatic carbocycles. The van der Waals surface area contributed by atoms with E-state index in [2.05, 4.69) is 126 Å². The molecule has 0 amide bonds. The highest BCUT2D eigenvalue weighted by Gasteiger charge is 2.18. The Balaban J connectivity index is 0.991. The monoisotopic (exact) mass is 746 g/mol. The highest BCUT2D eigenvalue weighted by molar-refractivity contribution is 7.25. The van der Waals surface area contributed by atoms with E-state index in [9.17, 15) is 0 Å². The van der Waals surface area contributed by atoms with Gasteiger partial charge in [0.25, 0.3) is 0 Å². The first-order valence-corrected chi connectivity index (χ1v) is 19.8. The molecule has 0 atom stereocenters. The first-order chi connectivity index (χ1) is 28.2. The Kier molecular flexibility index (Phi) is 7.03. The van der Waals surface area contributed by atoms with Crippen molar-refractivity contribution < 1.29 is 4.42 Å². The number of fused-ring (bicyclic) bond motifs is 9. The van der Waals surface area contributed by atoms with Crippen LogP contribution >= 0.6 is 11.3 Å². The minimum absolute atomic E-state index is 0.648. The first-order valence-electron chi connectivity index (χ1n) is 19.0. The van der Waals surface area contributed by atoms with Crippen LogP contribution in [0, 0.1) is 0 Å². The van der Waals surface area contributed by atoms with Crippen molar-refractivity contribution in [1.82, 2.24) is 19.5 Å². The summed E-state index contributed by atoms with van der Waals surface area (Å²) in [5, 5.41) is 7.08. The zero-order chi connectivity index (χ0) is 37.5. The molecule has 57 heavy (non-hydrogen) atoms. The fraction of sp³-hybridized carbons (Fsp3) is 0. The van der Waals surface area contributed by atoms with E-state index in [4.69, 9.17) is 19.4 Å². The molecule has 4 aromatic heterocycles. The Morgan fingerprint density at radius 1 is 0.386 bits per heavy atom. The average molecular weight is 747 g/mol. The van der Waals surface area contributed by atoms with E-state index in [-0.39, 0.29) is 0 Å². The molecule has 5 nitrogen and oxygen atoms in total. The first kappa shape index (κ1) is 31.9. The SMILES string of the molecule is c1ccc(-c2nc(-c3ccccc3)nc(-c3ccc4sc5ccc(-c6cccc7oc8cc(-n9c%10ccccc%10c%10ccccc%109)ccc8c67)cc5c4c3)n2)cc1. The molecule has 0 spiro atoms. The maximum Gasteiger partial charge on any atom is 0.164 e. The second kappa shape index (κ2) is 12.6. The largest absolute Gasteiger partial charge is 0.456 e. The molecule has 0 radical (unpaired) electrons. The molecule has 6 heteroatoms. The van der Waals surface area contributed by atoms with Crippen molar-refractivity contribution in [2.75, 3.05) is 0 Å². The van der Waals surface area contributed by atoms with E-state index in [0.29, 0.717) is 17.5 Å². The molecule has 0 N–H and O–H groups in total. The number of rotatable bonds is 5. The molecule has 0 aliphatic carbocycles. The van der Waals surface area contributed by atoms with Gasteiger partial charge in [0.2, 0.25) is 0 Å². The van der Waals surface area contributed by atoms with Gasteiger partial charge in [-0.1, -0.05) is 115 Å². The summed E-state index contributed by atoms with van der Waals surface area (Å²) in [5.74, 6) is 1.95. The van der Waals surface area contributed by atoms with Crippen LogP contribution in [-0.2, 0) is 0 Å². The quantitative estimate of drug-likeness (QED) is 0.176. The molecule has 0 aliphatic heterocycles. The summed E-state index contributed by atoms with van der Waals surface area (Å²) < 4.78 is 11.4. The van der Waals surface area contributed by atoms with Gasteiger partial charge in [-0.25, -0.2) is 15.0 Å². The third-order valence-corrected chi connectivity index (χ3v) is 12.2. The van der Waals surface area contributed by atoms with Crippen molar-refractivity contribution in [3.05, 3.63) is 182 Å². The molecule has 0 bridgehead atoms. The van der Waals surface area contributed by atoms with E-state index >= 15 is 0 Å². The van der Waals surface area contributed by atoms with Gasteiger partial charge in [0, 0.05) is 70.2 Å². The van der Waals surface area contributed by atoms with Crippen LogP contribution in [0.2, 0.25) is 0 Å². The summed E-state index contributed by atoms with van der Waals surface area (Å²) in [6, 6.07) is 63.8. The molecular weight excluding hydrogens is 717 g/mol. The van der Waals surface area contributed by atoms with E-state index in [0.717, 1.165) is 55.4 Å². The lowest BCUT2D eigenvalue weighted by Gasteiger charge is -2.09. The minimum atomic E-state index is 0.648. The summed E-state index contributed by atoms with van der Waals surface area (Å²) >= 11 is 1.80. The van der Waals surface area contributed by atoms with Crippen LogP contribution < -0.4 is 0 Å². The third-order valence-electron chi connectivity index (χ3n) is 11.1. The highest BCUT2D eigenvalue weighted by Crippen LogP contribution is 2.42. The summed E-state index contributed by atoms with van der Waals surface area (Å²) in [6.07, 6.45) is 0. The van der Waals surface area contributed by atoms with Gasteiger partial charge in [0.05, 0.1) is 11.0 Å². The number of furan rings is 1. The Morgan fingerprint density at radius 3 is 1.60 bits per heavy atom. The van der Waals surface area contributed by atoms with Crippen LogP contribution in [0.15, 0.2) is 186 Å². The van der Waals surface area contributed by atoms with Gasteiger partial charge in [-0.15, -0.1) is 11.3 Å². The summed E-state index contributed by atoms with van der Waals surface area (Å²) in [6.45, 7) is 0. The van der Waals surface area contributed by atoms with Gasteiger partial charge in [-0.2, -0.15) is 0 Å². The summed E-state index contributed by atoms with van der Waals surface area (Å²) in [4.78, 5) is 14.9. The molecule has 0 fully saturated rings. The van der Waals surface area contributed by atoms with Crippen molar-refractivity contribution in [1.29, 1.82) is 0 Å². The summed E-state index contributed by atoms with van der Waals surface area (Å²) in [5.41, 5.74) is 10.3. The van der Waals surface area contributed by atoms with Crippen molar-refractivity contribution in [2.24, 2.45) is 0 Å².